The number of esters is 1. The molecule has 0 saturated heterocycles. The van der Waals surface area contributed by atoms with Gasteiger partial charge >= 0.3 is 5.97 Å². The highest BCUT2D eigenvalue weighted by Gasteiger charge is 2.27. The number of carbonyl (C=O) groups excluding carboxylic acids is 1. The van der Waals surface area contributed by atoms with Crippen LogP contribution in [0, 0.1) is 0 Å². The number of carbonyl (C=O) groups is 1. The summed E-state index contributed by atoms with van der Waals surface area (Å²) < 4.78 is 11.4. The normalized spacial score (nSPS) is 15.3. The summed E-state index contributed by atoms with van der Waals surface area (Å²) in [4.78, 5) is 12.2. The van der Waals surface area contributed by atoms with Crippen molar-refractivity contribution < 1.29 is 14.3 Å². The van der Waals surface area contributed by atoms with Crippen molar-refractivity contribution in [2.45, 2.75) is 78.4 Å². The van der Waals surface area contributed by atoms with Crippen LogP contribution in [0.3, 0.4) is 0 Å². The molecule has 0 spiro atoms. The zero-order valence-electron chi connectivity index (χ0n) is 17.0. The lowest BCUT2D eigenvalue weighted by atomic mass is 9.99. The molecular formula is C22H36O3. The quantitative estimate of drug-likeness (QED) is 0.324. The van der Waals surface area contributed by atoms with Crippen LogP contribution in [0.15, 0.2) is 48.6 Å². The number of hydrogen-bond acceptors (Lipinski definition) is 3. The van der Waals surface area contributed by atoms with E-state index in [1.54, 1.807) is 12.2 Å². The molecule has 0 aliphatic rings. The average Bonchev–Trinajstić information content (AvgIpc) is 2.52. The molecule has 3 nitrogen and oxygen atoms in total. The zero-order valence-corrected chi connectivity index (χ0v) is 17.0. The van der Waals surface area contributed by atoms with Gasteiger partial charge in [-0.15, -0.1) is 6.58 Å². The van der Waals surface area contributed by atoms with Crippen molar-refractivity contribution in [3.8, 4) is 0 Å². The van der Waals surface area contributed by atoms with E-state index in [-0.39, 0.29) is 12.6 Å². The fraction of sp³-hybridized carbons (Fsp3) is 0.591. The van der Waals surface area contributed by atoms with Crippen LogP contribution >= 0.6 is 0 Å². The van der Waals surface area contributed by atoms with Crippen LogP contribution in [0.1, 0.15) is 67.2 Å². The summed E-state index contributed by atoms with van der Waals surface area (Å²) in [5.74, 6) is -0.380. The molecule has 0 fully saturated rings. The van der Waals surface area contributed by atoms with Gasteiger partial charge in [-0.3, -0.25) is 0 Å². The van der Waals surface area contributed by atoms with Crippen molar-refractivity contribution in [3.63, 3.8) is 0 Å². The van der Waals surface area contributed by atoms with Crippen molar-refractivity contribution in [3.05, 3.63) is 48.6 Å². The van der Waals surface area contributed by atoms with E-state index in [2.05, 4.69) is 53.0 Å². The van der Waals surface area contributed by atoms with Gasteiger partial charge in [-0.25, -0.2) is 4.79 Å². The molecule has 142 valence electrons. The van der Waals surface area contributed by atoms with E-state index >= 15 is 0 Å². The molecule has 0 aliphatic heterocycles. The van der Waals surface area contributed by atoms with Gasteiger partial charge in [0.2, 0.25) is 0 Å². The van der Waals surface area contributed by atoms with E-state index in [9.17, 15) is 4.79 Å². The first kappa shape index (κ1) is 23.4. The number of hydrogen-bond donors (Lipinski definition) is 0. The van der Waals surface area contributed by atoms with Crippen LogP contribution in [-0.4, -0.2) is 23.8 Å². The Balaban J connectivity index is 4.58. The van der Waals surface area contributed by atoms with E-state index in [4.69, 9.17) is 9.47 Å². The van der Waals surface area contributed by atoms with Gasteiger partial charge in [-0.2, -0.15) is 0 Å². The van der Waals surface area contributed by atoms with Crippen molar-refractivity contribution >= 4 is 5.97 Å². The highest BCUT2D eigenvalue weighted by molar-refractivity contribution is 5.71. The van der Waals surface area contributed by atoms with Crippen LogP contribution in [0.4, 0.5) is 0 Å². The molecule has 25 heavy (non-hydrogen) atoms. The van der Waals surface area contributed by atoms with Gasteiger partial charge in [-0.05, 0) is 73.3 Å². The largest absolute Gasteiger partial charge is 0.453 e. The number of ether oxygens (including phenoxy) is 2. The monoisotopic (exact) mass is 348 g/mol. The minimum absolute atomic E-state index is 0.0938. The maximum Gasteiger partial charge on any atom is 0.332 e. The Labute approximate surface area is 154 Å². The first-order valence-corrected chi connectivity index (χ1v) is 8.95. The Bertz CT molecular complexity index is 507. The van der Waals surface area contributed by atoms with Gasteiger partial charge in [0, 0.05) is 0 Å². The molecule has 0 radical (unpaired) electrons. The van der Waals surface area contributed by atoms with Gasteiger partial charge in [0.1, 0.15) is 12.2 Å². The minimum Gasteiger partial charge on any atom is -0.453 e. The predicted molar refractivity (Wildman–Crippen MR) is 107 cm³/mol. The third-order valence-corrected chi connectivity index (χ3v) is 4.12. The minimum atomic E-state index is -0.682. The second kappa shape index (κ2) is 11.1. The second-order valence-electron chi connectivity index (χ2n) is 7.44. The van der Waals surface area contributed by atoms with Crippen molar-refractivity contribution in [1.82, 2.24) is 0 Å². The summed E-state index contributed by atoms with van der Waals surface area (Å²) >= 11 is 0. The lowest BCUT2D eigenvalue weighted by Gasteiger charge is -2.29. The molecule has 0 N–H and O–H groups in total. The molecule has 0 aromatic heterocycles. The first-order chi connectivity index (χ1) is 11.6. The smallest absolute Gasteiger partial charge is 0.332 e. The standard InChI is InChI=1S/C22H36O3/c1-9-21(7,15-11-13-18(3)4)24-17-20(23)25-22(8,10-2)16-12-14-19(5)6/h9-10,13-14H,1-2,11-12,15-17H2,3-8H3. The summed E-state index contributed by atoms with van der Waals surface area (Å²) in [6, 6.07) is 0. The van der Waals surface area contributed by atoms with Crippen molar-refractivity contribution in [2.75, 3.05) is 6.61 Å². The number of allylic oxidation sites excluding steroid dienone is 4. The SMILES string of the molecule is C=CC(C)(CCC=C(C)C)OCC(=O)OC(C)(C=C)CCC=C(C)C. The molecule has 0 heterocycles. The third kappa shape index (κ3) is 10.8. The van der Waals surface area contributed by atoms with E-state index in [1.165, 1.54) is 11.1 Å². The molecule has 0 saturated carbocycles. The molecule has 0 rings (SSSR count). The zero-order chi connectivity index (χ0) is 19.5. The average molecular weight is 349 g/mol. The Hall–Kier alpha value is -1.61. The molecule has 3 heteroatoms. The van der Waals surface area contributed by atoms with Gasteiger partial charge in [0.25, 0.3) is 0 Å². The predicted octanol–water partition coefficient (Wildman–Crippen LogP) is 5.93. The molecule has 2 atom stereocenters. The van der Waals surface area contributed by atoms with Gasteiger partial charge in [0.05, 0.1) is 5.60 Å². The lowest BCUT2D eigenvalue weighted by Crippen LogP contribution is -2.34. The van der Waals surface area contributed by atoms with E-state index in [1.807, 2.05) is 13.8 Å². The highest BCUT2D eigenvalue weighted by Crippen LogP contribution is 2.23. The van der Waals surface area contributed by atoms with Gasteiger partial charge in [0.15, 0.2) is 0 Å². The molecule has 0 aromatic rings. The van der Waals surface area contributed by atoms with Crippen molar-refractivity contribution in [1.29, 1.82) is 0 Å². The topological polar surface area (TPSA) is 35.5 Å². The van der Waals surface area contributed by atoms with Crippen LogP contribution in [-0.2, 0) is 14.3 Å². The van der Waals surface area contributed by atoms with Crippen molar-refractivity contribution in [2.24, 2.45) is 0 Å². The van der Waals surface area contributed by atoms with Gasteiger partial charge < -0.3 is 9.47 Å². The lowest BCUT2D eigenvalue weighted by molar-refractivity contribution is -0.164. The summed E-state index contributed by atoms with van der Waals surface area (Å²) in [6.45, 7) is 19.6. The van der Waals surface area contributed by atoms with E-state index < -0.39 is 11.2 Å². The number of rotatable bonds is 12. The first-order valence-electron chi connectivity index (χ1n) is 8.95. The maximum absolute atomic E-state index is 12.2. The third-order valence-electron chi connectivity index (χ3n) is 4.12. The maximum atomic E-state index is 12.2. The molecule has 0 aliphatic carbocycles. The molecule has 0 amide bonds. The summed E-state index contributed by atoms with van der Waals surface area (Å²) in [7, 11) is 0. The Morgan fingerprint density at radius 2 is 1.32 bits per heavy atom. The fourth-order valence-corrected chi connectivity index (χ4v) is 2.24. The fourth-order valence-electron chi connectivity index (χ4n) is 2.24. The summed E-state index contributed by atoms with van der Waals surface area (Å²) in [5.41, 5.74) is 1.29. The summed E-state index contributed by atoms with van der Waals surface area (Å²) in [5, 5.41) is 0. The Morgan fingerprint density at radius 1 is 0.880 bits per heavy atom. The van der Waals surface area contributed by atoms with Crippen LogP contribution < -0.4 is 0 Å². The molecule has 0 aromatic carbocycles. The molecule has 0 bridgehead atoms. The summed E-state index contributed by atoms with van der Waals surface area (Å²) in [6.07, 6.45) is 10.9. The van der Waals surface area contributed by atoms with E-state index in [0.717, 1.165) is 19.3 Å². The molecule has 2 unspecified atom stereocenters. The van der Waals surface area contributed by atoms with Gasteiger partial charge in [-0.1, -0.05) is 36.0 Å². The van der Waals surface area contributed by atoms with Crippen LogP contribution in [0.25, 0.3) is 0 Å². The van der Waals surface area contributed by atoms with Crippen LogP contribution in [0.2, 0.25) is 0 Å². The van der Waals surface area contributed by atoms with Crippen LogP contribution in [0.5, 0.6) is 0 Å². The van der Waals surface area contributed by atoms with E-state index in [0.29, 0.717) is 6.42 Å². The second-order valence-corrected chi connectivity index (χ2v) is 7.44. The molecular weight excluding hydrogens is 312 g/mol. The Kier molecular flexibility index (Phi) is 10.4. The highest BCUT2D eigenvalue weighted by atomic mass is 16.6. The Morgan fingerprint density at radius 3 is 1.72 bits per heavy atom.